The molecular formula is C12H12N4O3. The van der Waals surface area contributed by atoms with Crippen LogP contribution in [0.5, 0.6) is 0 Å². The Kier molecular flexibility index (Phi) is 2.52. The van der Waals surface area contributed by atoms with Crippen LogP contribution < -0.4 is 16.4 Å². The number of hydrogen-bond donors (Lipinski definition) is 2. The van der Waals surface area contributed by atoms with Crippen molar-refractivity contribution in [3.05, 3.63) is 40.6 Å². The molecule has 0 aliphatic carbocycles. The maximum Gasteiger partial charge on any atom is 0.417 e. The van der Waals surface area contributed by atoms with E-state index in [2.05, 4.69) is 10.1 Å². The fraction of sp³-hybridized carbons (Fsp3) is 0.167. The maximum atomic E-state index is 11.1. The van der Waals surface area contributed by atoms with Gasteiger partial charge in [0.25, 0.3) is 0 Å². The molecule has 2 heterocycles. The van der Waals surface area contributed by atoms with E-state index in [0.29, 0.717) is 29.2 Å². The summed E-state index contributed by atoms with van der Waals surface area (Å²) < 4.78 is 10.1. The van der Waals surface area contributed by atoms with Gasteiger partial charge in [-0.2, -0.15) is 0 Å². The second-order valence-electron chi connectivity index (χ2n) is 4.27. The first-order valence-corrected chi connectivity index (χ1v) is 5.67. The van der Waals surface area contributed by atoms with Crippen LogP contribution in [-0.4, -0.2) is 17.2 Å². The Balaban J connectivity index is 1.88. The third-order valence-corrected chi connectivity index (χ3v) is 2.82. The lowest BCUT2D eigenvalue weighted by Gasteiger charge is -2.16. The van der Waals surface area contributed by atoms with E-state index < -0.39 is 5.76 Å². The fourth-order valence-corrected chi connectivity index (χ4v) is 1.90. The van der Waals surface area contributed by atoms with Gasteiger partial charge in [-0.1, -0.05) is 5.16 Å². The normalized spacial score (nSPS) is 11.0. The second kappa shape index (κ2) is 4.20. The van der Waals surface area contributed by atoms with Crippen molar-refractivity contribution in [1.82, 2.24) is 10.1 Å². The van der Waals surface area contributed by atoms with E-state index in [0.717, 1.165) is 5.69 Å². The van der Waals surface area contributed by atoms with Crippen molar-refractivity contribution in [1.29, 1.82) is 0 Å². The van der Waals surface area contributed by atoms with Gasteiger partial charge in [0.2, 0.25) is 0 Å². The van der Waals surface area contributed by atoms with Gasteiger partial charge in [0.05, 0.1) is 12.1 Å². The predicted molar refractivity (Wildman–Crippen MR) is 69.9 cm³/mol. The summed E-state index contributed by atoms with van der Waals surface area (Å²) in [6.07, 6.45) is 0. The summed E-state index contributed by atoms with van der Waals surface area (Å²) in [5.74, 6) is 0.559. The molecule has 0 amide bonds. The lowest BCUT2D eigenvalue weighted by atomic mass is 10.2. The first-order valence-electron chi connectivity index (χ1n) is 5.67. The summed E-state index contributed by atoms with van der Waals surface area (Å²) in [7, 11) is 1.89. The van der Waals surface area contributed by atoms with Crippen LogP contribution in [0.3, 0.4) is 0 Å². The van der Waals surface area contributed by atoms with E-state index >= 15 is 0 Å². The van der Waals surface area contributed by atoms with E-state index in [1.165, 1.54) is 0 Å². The summed E-state index contributed by atoms with van der Waals surface area (Å²) in [5.41, 5.74) is 7.58. The summed E-state index contributed by atoms with van der Waals surface area (Å²) in [6, 6.07) is 7.13. The quantitative estimate of drug-likeness (QED) is 0.736. The molecule has 0 spiro atoms. The van der Waals surface area contributed by atoms with Crippen LogP contribution in [-0.2, 0) is 6.54 Å². The van der Waals surface area contributed by atoms with Crippen LogP contribution in [0.4, 0.5) is 11.5 Å². The van der Waals surface area contributed by atoms with Crippen molar-refractivity contribution < 1.29 is 8.94 Å². The molecule has 0 aliphatic heterocycles. The van der Waals surface area contributed by atoms with Gasteiger partial charge in [-0.05, 0) is 12.1 Å². The zero-order chi connectivity index (χ0) is 13.4. The Hall–Kier alpha value is -2.70. The van der Waals surface area contributed by atoms with Crippen LogP contribution in [0.1, 0.15) is 5.76 Å². The molecule has 0 unspecified atom stereocenters. The predicted octanol–water partition coefficient (Wildman–Crippen LogP) is 1.33. The lowest BCUT2D eigenvalue weighted by Crippen LogP contribution is -2.15. The van der Waals surface area contributed by atoms with E-state index in [4.69, 9.17) is 14.7 Å². The number of nitrogens with zero attached hydrogens (tertiary/aromatic N) is 2. The zero-order valence-electron chi connectivity index (χ0n) is 10.2. The van der Waals surface area contributed by atoms with E-state index in [-0.39, 0.29) is 0 Å². The van der Waals surface area contributed by atoms with E-state index in [1.807, 2.05) is 18.0 Å². The number of benzene rings is 1. The molecule has 3 rings (SSSR count). The van der Waals surface area contributed by atoms with Crippen molar-refractivity contribution in [2.24, 2.45) is 0 Å². The van der Waals surface area contributed by atoms with Gasteiger partial charge in [-0.3, -0.25) is 4.98 Å². The molecule has 19 heavy (non-hydrogen) atoms. The van der Waals surface area contributed by atoms with Gasteiger partial charge in [0.1, 0.15) is 0 Å². The topological polar surface area (TPSA) is 101 Å². The molecule has 0 bridgehead atoms. The third kappa shape index (κ3) is 2.17. The number of aromatic nitrogens is 2. The van der Waals surface area contributed by atoms with Crippen LogP contribution >= 0.6 is 0 Å². The number of aromatic amines is 1. The van der Waals surface area contributed by atoms with Crippen molar-refractivity contribution >= 4 is 22.6 Å². The fourth-order valence-electron chi connectivity index (χ4n) is 1.90. The van der Waals surface area contributed by atoms with Crippen molar-refractivity contribution in [2.75, 3.05) is 17.7 Å². The molecule has 3 aromatic rings. The van der Waals surface area contributed by atoms with Gasteiger partial charge in [0.15, 0.2) is 17.2 Å². The lowest BCUT2D eigenvalue weighted by molar-refractivity contribution is 0.385. The standard InChI is InChI=1S/C12H12N4O3/c1-16(6-8-5-11(13)15-19-8)7-2-3-9-10(4-7)18-12(17)14-9/h2-5H,6H2,1H3,(H2,13,15)(H,14,17). The number of nitrogens with two attached hydrogens (primary N) is 1. The number of fused-ring (bicyclic) bond motifs is 1. The average molecular weight is 260 g/mol. The smallest absolute Gasteiger partial charge is 0.408 e. The molecule has 7 nitrogen and oxygen atoms in total. The molecule has 0 fully saturated rings. The number of nitrogens with one attached hydrogen (secondary N) is 1. The van der Waals surface area contributed by atoms with Crippen LogP contribution in [0.15, 0.2) is 38.0 Å². The first-order chi connectivity index (χ1) is 9.11. The SMILES string of the molecule is CN(Cc1cc(N)no1)c1ccc2[nH]c(=O)oc2c1. The van der Waals surface area contributed by atoms with Crippen LogP contribution in [0.2, 0.25) is 0 Å². The van der Waals surface area contributed by atoms with Crippen molar-refractivity contribution in [2.45, 2.75) is 6.54 Å². The van der Waals surface area contributed by atoms with Crippen LogP contribution in [0, 0.1) is 0 Å². The van der Waals surface area contributed by atoms with Gasteiger partial charge < -0.3 is 19.6 Å². The molecule has 0 aliphatic rings. The Morgan fingerprint density at radius 3 is 3.00 bits per heavy atom. The Labute approximate surface area is 107 Å². The Bertz CT molecular complexity index is 770. The maximum absolute atomic E-state index is 11.1. The van der Waals surface area contributed by atoms with E-state index in [9.17, 15) is 4.79 Å². The minimum Gasteiger partial charge on any atom is -0.408 e. The summed E-state index contributed by atoms with van der Waals surface area (Å²) >= 11 is 0. The molecule has 7 heteroatoms. The molecule has 0 radical (unpaired) electrons. The third-order valence-electron chi connectivity index (χ3n) is 2.82. The molecule has 0 atom stereocenters. The molecule has 0 saturated carbocycles. The molecule has 2 aromatic heterocycles. The number of oxazole rings is 1. The second-order valence-corrected chi connectivity index (χ2v) is 4.27. The number of nitrogen functional groups attached to an aromatic ring is 1. The number of anilines is 2. The monoisotopic (exact) mass is 260 g/mol. The summed E-state index contributed by atoms with van der Waals surface area (Å²) in [4.78, 5) is 15.6. The molecule has 3 N–H and O–H groups in total. The minimum atomic E-state index is -0.460. The van der Waals surface area contributed by atoms with Gasteiger partial charge in [0, 0.05) is 24.9 Å². The minimum absolute atomic E-state index is 0.357. The first kappa shape index (κ1) is 11.4. The largest absolute Gasteiger partial charge is 0.417 e. The van der Waals surface area contributed by atoms with Gasteiger partial charge in [-0.25, -0.2) is 4.79 Å². The highest BCUT2D eigenvalue weighted by atomic mass is 16.5. The van der Waals surface area contributed by atoms with Crippen molar-refractivity contribution in [3.63, 3.8) is 0 Å². The highest BCUT2D eigenvalue weighted by Crippen LogP contribution is 2.21. The highest BCUT2D eigenvalue weighted by molar-refractivity contribution is 5.76. The van der Waals surface area contributed by atoms with Gasteiger partial charge in [-0.15, -0.1) is 0 Å². The number of rotatable bonds is 3. The van der Waals surface area contributed by atoms with Crippen LogP contribution in [0.25, 0.3) is 11.1 Å². The molecule has 1 aromatic carbocycles. The average Bonchev–Trinajstić information content (AvgIpc) is 2.93. The molecular weight excluding hydrogens is 248 g/mol. The summed E-state index contributed by atoms with van der Waals surface area (Å²) in [5, 5.41) is 3.63. The zero-order valence-corrected chi connectivity index (χ0v) is 10.2. The van der Waals surface area contributed by atoms with E-state index in [1.54, 1.807) is 18.2 Å². The number of H-pyrrole nitrogens is 1. The number of hydrogen-bond acceptors (Lipinski definition) is 6. The molecule has 98 valence electrons. The highest BCUT2D eigenvalue weighted by Gasteiger charge is 2.09. The molecule has 0 saturated heterocycles. The Morgan fingerprint density at radius 1 is 1.42 bits per heavy atom. The summed E-state index contributed by atoms with van der Waals surface area (Å²) in [6.45, 7) is 0.518. The van der Waals surface area contributed by atoms with Crippen molar-refractivity contribution in [3.8, 4) is 0 Å². The Morgan fingerprint density at radius 2 is 2.26 bits per heavy atom. The van der Waals surface area contributed by atoms with Gasteiger partial charge >= 0.3 is 5.76 Å².